The van der Waals surface area contributed by atoms with E-state index in [-0.39, 0.29) is 17.7 Å². The summed E-state index contributed by atoms with van der Waals surface area (Å²) in [4.78, 5) is 12.9. The Balaban J connectivity index is 2.50. The summed E-state index contributed by atoms with van der Waals surface area (Å²) < 4.78 is 18.9. The first-order chi connectivity index (χ1) is 6.15. The lowest BCUT2D eigenvalue weighted by molar-refractivity contribution is -0.129. The number of rotatable bonds is 3. The standard InChI is InChI=1S/C7H14N2O3S/c8-4-6-2-1-3-9(6)7(10)5-13(11)12/h6H,1-5,8H2,(H,11,12). The Morgan fingerprint density at radius 3 is 2.92 bits per heavy atom. The Morgan fingerprint density at radius 1 is 1.69 bits per heavy atom. The van der Waals surface area contributed by atoms with E-state index < -0.39 is 11.1 Å². The van der Waals surface area contributed by atoms with Crippen LogP contribution in [0.15, 0.2) is 0 Å². The van der Waals surface area contributed by atoms with Crippen LogP contribution in [0.5, 0.6) is 0 Å². The molecule has 6 heteroatoms. The van der Waals surface area contributed by atoms with Gasteiger partial charge >= 0.3 is 0 Å². The Kier molecular flexibility index (Phi) is 3.83. The summed E-state index contributed by atoms with van der Waals surface area (Å²) in [5.41, 5.74) is 5.46. The maximum Gasteiger partial charge on any atom is 0.237 e. The third-order valence-corrected chi connectivity index (χ3v) is 2.71. The number of hydrogen-bond acceptors (Lipinski definition) is 3. The van der Waals surface area contributed by atoms with Gasteiger partial charge in [-0.3, -0.25) is 4.79 Å². The minimum atomic E-state index is -2.04. The first kappa shape index (κ1) is 10.6. The van der Waals surface area contributed by atoms with Crippen LogP contribution < -0.4 is 5.73 Å². The number of nitrogens with zero attached hydrogens (tertiary/aromatic N) is 1. The second-order valence-corrected chi connectivity index (χ2v) is 4.02. The van der Waals surface area contributed by atoms with Crippen molar-refractivity contribution >= 4 is 17.0 Å². The van der Waals surface area contributed by atoms with Crippen molar-refractivity contribution < 1.29 is 13.6 Å². The minimum absolute atomic E-state index is 0.0658. The van der Waals surface area contributed by atoms with Crippen LogP contribution in [0.2, 0.25) is 0 Å². The monoisotopic (exact) mass is 206 g/mol. The predicted octanol–water partition coefficient (Wildman–Crippen LogP) is -0.842. The Morgan fingerprint density at radius 2 is 2.38 bits per heavy atom. The molecule has 5 nitrogen and oxygen atoms in total. The highest BCUT2D eigenvalue weighted by atomic mass is 32.2. The van der Waals surface area contributed by atoms with Crippen LogP contribution in [0.25, 0.3) is 0 Å². The molecule has 0 aromatic heterocycles. The SMILES string of the molecule is NCC1CCCN1C(=O)CS(=O)O. The molecule has 1 amide bonds. The minimum Gasteiger partial charge on any atom is -0.338 e. The number of likely N-dealkylation sites (tertiary alicyclic amines) is 1. The van der Waals surface area contributed by atoms with Gasteiger partial charge in [0.1, 0.15) is 5.75 Å². The molecule has 0 bridgehead atoms. The van der Waals surface area contributed by atoms with Gasteiger partial charge in [0.25, 0.3) is 0 Å². The fourth-order valence-corrected chi connectivity index (χ4v) is 1.97. The van der Waals surface area contributed by atoms with Gasteiger partial charge < -0.3 is 15.2 Å². The molecule has 1 aliphatic rings. The second-order valence-electron chi connectivity index (χ2n) is 3.08. The summed E-state index contributed by atoms with van der Waals surface area (Å²) in [6.07, 6.45) is 1.84. The first-order valence-electron chi connectivity index (χ1n) is 4.22. The molecule has 1 saturated heterocycles. The zero-order chi connectivity index (χ0) is 9.84. The van der Waals surface area contributed by atoms with Gasteiger partial charge in [0.2, 0.25) is 5.91 Å². The van der Waals surface area contributed by atoms with Crippen molar-refractivity contribution in [1.29, 1.82) is 0 Å². The number of hydrogen-bond donors (Lipinski definition) is 2. The normalized spacial score (nSPS) is 24.8. The molecule has 1 aliphatic heterocycles. The number of amides is 1. The molecule has 76 valence electrons. The van der Waals surface area contributed by atoms with E-state index >= 15 is 0 Å². The number of carbonyl (C=O) groups is 1. The quantitative estimate of drug-likeness (QED) is 0.590. The number of nitrogens with two attached hydrogens (primary N) is 1. The summed E-state index contributed by atoms with van der Waals surface area (Å²) in [6.45, 7) is 1.10. The van der Waals surface area contributed by atoms with Crippen LogP contribution in [0.4, 0.5) is 0 Å². The summed E-state index contributed by atoms with van der Waals surface area (Å²) in [5, 5.41) is 0. The van der Waals surface area contributed by atoms with Crippen molar-refractivity contribution in [3.63, 3.8) is 0 Å². The zero-order valence-electron chi connectivity index (χ0n) is 7.31. The van der Waals surface area contributed by atoms with Gasteiger partial charge in [-0.15, -0.1) is 0 Å². The van der Waals surface area contributed by atoms with Gasteiger partial charge in [-0.25, -0.2) is 4.21 Å². The molecular formula is C7H14N2O3S. The summed E-state index contributed by atoms with van der Waals surface area (Å²) >= 11 is -2.04. The molecule has 2 unspecified atom stereocenters. The molecule has 0 spiro atoms. The highest BCUT2D eigenvalue weighted by Crippen LogP contribution is 2.16. The largest absolute Gasteiger partial charge is 0.338 e. The zero-order valence-corrected chi connectivity index (χ0v) is 8.13. The van der Waals surface area contributed by atoms with Gasteiger partial charge in [0.05, 0.1) is 0 Å². The molecule has 2 atom stereocenters. The van der Waals surface area contributed by atoms with Crippen LogP contribution in [0.3, 0.4) is 0 Å². The van der Waals surface area contributed by atoms with E-state index in [0.717, 1.165) is 12.8 Å². The van der Waals surface area contributed by atoms with Crippen LogP contribution in [-0.4, -0.2) is 44.5 Å². The van der Waals surface area contributed by atoms with Gasteiger partial charge in [-0.2, -0.15) is 0 Å². The topological polar surface area (TPSA) is 83.6 Å². The van der Waals surface area contributed by atoms with Gasteiger partial charge in [0.15, 0.2) is 11.1 Å². The lowest BCUT2D eigenvalue weighted by Crippen LogP contribution is -2.41. The van der Waals surface area contributed by atoms with Crippen molar-refractivity contribution in [1.82, 2.24) is 4.90 Å². The number of carbonyl (C=O) groups excluding carboxylic acids is 1. The maximum atomic E-state index is 11.3. The van der Waals surface area contributed by atoms with Gasteiger partial charge in [0, 0.05) is 19.1 Å². The van der Waals surface area contributed by atoms with E-state index in [2.05, 4.69) is 0 Å². The fraction of sp³-hybridized carbons (Fsp3) is 0.857. The average molecular weight is 206 g/mol. The van der Waals surface area contributed by atoms with Crippen molar-refractivity contribution in [3.8, 4) is 0 Å². The van der Waals surface area contributed by atoms with Crippen LogP contribution in [-0.2, 0) is 15.9 Å². The van der Waals surface area contributed by atoms with Crippen molar-refractivity contribution in [3.05, 3.63) is 0 Å². The molecular weight excluding hydrogens is 192 g/mol. The van der Waals surface area contributed by atoms with E-state index in [0.29, 0.717) is 13.1 Å². The van der Waals surface area contributed by atoms with E-state index in [1.807, 2.05) is 0 Å². The van der Waals surface area contributed by atoms with E-state index in [9.17, 15) is 9.00 Å². The van der Waals surface area contributed by atoms with E-state index in [1.54, 1.807) is 4.90 Å². The molecule has 3 N–H and O–H groups in total. The van der Waals surface area contributed by atoms with Crippen molar-refractivity contribution in [2.45, 2.75) is 18.9 Å². The van der Waals surface area contributed by atoms with Crippen LogP contribution in [0.1, 0.15) is 12.8 Å². The molecule has 0 aliphatic carbocycles. The maximum absolute atomic E-state index is 11.3. The molecule has 13 heavy (non-hydrogen) atoms. The van der Waals surface area contributed by atoms with Crippen LogP contribution >= 0.6 is 0 Å². The Hall–Kier alpha value is -0.460. The summed E-state index contributed by atoms with van der Waals surface area (Å²) in [6, 6.07) is 0.0658. The first-order valence-corrected chi connectivity index (χ1v) is 5.49. The molecule has 0 aromatic rings. The van der Waals surface area contributed by atoms with Gasteiger partial charge in [-0.05, 0) is 12.8 Å². The van der Waals surface area contributed by atoms with Crippen molar-refractivity contribution in [2.24, 2.45) is 5.73 Å². The van der Waals surface area contributed by atoms with Crippen molar-refractivity contribution in [2.75, 3.05) is 18.8 Å². The molecule has 0 radical (unpaired) electrons. The lowest BCUT2D eigenvalue weighted by atomic mass is 10.2. The predicted molar refractivity (Wildman–Crippen MR) is 49.4 cm³/mol. The Bertz CT molecular complexity index is 222. The second kappa shape index (κ2) is 4.69. The fourth-order valence-electron chi connectivity index (χ4n) is 1.60. The highest BCUT2D eigenvalue weighted by Gasteiger charge is 2.27. The smallest absolute Gasteiger partial charge is 0.237 e. The average Bonchev–Trinajstić information content (AvgIpc) is 2.49. The van der Waals surface area contributed by atoms with E-state index in [1.165, 1.54) is 0 Å². The van der Waals surface area contributed by atoms with Gasteiger partial charge in [-0.1, -0.05) is 0 Å². The summed E-state index contributed by atoms with van der Waals surface area (Å²) in [7, 11) is 0. The molecule has 0 saturated carbocycles. The summed E-state index contributed by atoms with van der Waals surface area (Å²) in [5.74, 6) is -0.579. The molecule has 1 heterocycles. The highest BCUT2D eigenvalue weighted by molar-refractivity contribution is 7.80. The molecule has 1 rings (SSSR count). The molecule has 0 aromatic carbocycles. The lowest BCUT2D eigenvalue weighted by Gasteiger charge is -2.22. The van der Waals surface area contributed by atoms with E-state index in [4.69, 9.17) is 10.3 Å². The Labute approximate surface area is 79.6 Å². The third kappa shape index (κ3) is 2.75. The van der Waals surface area contributed by atoms with Crippen LogP contribution in [0, 0.1) is 0 Å². The molecule has 1 fully saturated rings. The third-order valence-electron chi connectivity index (χ3n) is 2.22.